The zero-order valence-electron chi connectivity index (χ0n) is 10.1. The second kappa shape index (κ2) is 4.91. The number of rotatable bonds is 4. The monoisotopic (exact) mass is 267 g/mol. The van der Waals surface area contributed by atoms with Crippen molar-refractivity contribution in [3.63, 3.8) is 0 Å². The van der Waals surface area contributed by atoms with Crippen LogP contribution < -0.4 is 0 Å². The minimum atomic E-state index is -3.46. The fourth-order valence-corrected chi connectivity index (χ4v) is 1.74. The van der Waals surface area contributed by atoms with Gasteiger partial charge in [-0.15, -0.1) is 0 Å². The van der Waals surface area contributed by atoms with Gasteiger partial charge in [0.1, 0.15) is 12.3 Å². The van der Waals surface area contributed by atoms with Gasteiger partial charge in [-0.3, -0.25) is 4.18 Å². The van der Waals surface area contributed by atoms with Crippen molar-refractivity contribution in [3.05, 3.63) is 41.6 Å². The van der Waals surface area contributed by atoms with Crippen LogP contribution in [0.15, 0.2) is 34.9 Å². The molecule has 1 aromatic heterocycles. The quantitative estimate of drug-likeness (QED) is 0.794. The van der Waals surface area contributed by atoms with E-state index in [9.17, 15) is 8.42 Å². The lowest BCUT2D eigenvalue weighted by Gasteiger charge is -1.96. The van der Waals surface area contributed by atoms with Crippen LogP contribution in [0.4, 0.5) is 0 Å². The van der Waals surface area contributed by atoms with Crippen molar-refractivity contribution in [2.24, 2.45) is 0 Å². The van der Waals surface area contributed by atoms with Gasteiger partial charge in [-0.25, -0.2) is 0 Å². The van der Waals surface area contributed by atoms with Crippen LogP contribution in [0.3, 0.4) is 0 Å². The third-order valence-corrected chi connectivity index (χ3v) is 2.86. The zero-order valence-corrected chi connectivity index (χ0v) is 10.9. The third kappa shape index (κ3) is 3.41. The standard InChI is InChI=1S/C12H13NO4S/c1-9-3-5-10(6-4-9)12-7-11(13-17-12)8-16-18(2,14)15/h3-7H,8H2,1-2H3. The molecule has 0 N–H and O–H groups in total. The Morgan fingerprint density at radius 1 is 1.28 bits per heavy atom. The Labute approximate surface area is 105 Å². The summed E-state index contributed by atoms with van der Waals surface area (Å²) in [5.74, 6) is 0.585. The van der Waals surface area contributed by atoms with Crippen molar-refractivity contribution < 1.29 is 17.1 Å². The van der Waals surface area contributed by atoms with Crippen LogP contribution in [0, 0.1) is 6.92 Å². The molecular weight excluding hydrogens is 254 g/mol. The first-order chi connectivity index (χ1) is 8.44. The Bertz CT molecular complexity index is 628. The van der Waals surface area contributed by atoms with Crippen molar-refractivity contribution in [2.75, 3.05) is 6.26 Å². The fourth-order valence-electron chi connectivity index (χ4n) is 1.40. The van der Waals surface area contributed by atoms with Gasteiger partial charge in [0.15, 0.2) is 5.76 Å². The molecule has 1 aromatic carbocycles. The number of aryl methyl sites for hydroxylation is 1. The Kier molecular flexibility index (Phi) is 3.49. The highest BCUT2D eigenvalue weighted by molar-refractivity contribution is 7.85. The molecule has 0 aliphatic rings. The molecule has 5 nitrogen and oxygen atoms in total. The van der Waals surface area contributed by atoms with Gasteiger partial charge in [0.2, 0.25) is 0 Å². The van der Waals surface area contributed by atoms with Crippen LogP contribution in [0.5, 0.6) is 0 Å². The zero-order chi connectivity index (χ0) is 13.2. The van der Waals surface area contributed by atoms with Crippen LogP contribution in [-0.2, 0) is 20.9 Å². The van der Waals surface area contributed by atoms with Gasteiger partial charge < -0.3 is 4.52 Å². The van der Waals surface area contributed by atoms with Gasteiger partial charge in [0.05, 0.1) is 6.26 Å². The maximum atomic E-state index is 10.8. The van der Waals surface area contributed by atoms with Crippen molar-refractivity contribution in [1.29, 1.82) is 0 Å². The highest BCUT2D eigenvalue weighted by Crippen LogP contribution is 2.21. The topological polar surface area (TPSA) is 69.4 Å². The van der Waals surface area contributed by atoms with E-state index in [0.717, 1.165) is 17.4 Å². The molecule has 0 unspecified atom stereocenters. The molecule has 2 aromatic rings. The highest BCUT2D eigenvalue weighted by Gasteiger charge is 2.09. The van der Waals surface area contributed by atoms with Crippen LogP contribution >= 0.6 is 0 Å². The van der Waals surface area contributed by atoms with Crippen LogP contribution in [0.25, 0.3) is 11.3 Å². The average Bonchev–Trinajstić information content (AvgIpc) is 2.75. The summed E-state index contributed by atoms with van der Waals surface area (Å²) < 4.78 is 31.4. The Morgan fingerprint density at radius 2 is 1.94 bits per heavy atom. The molecule has 2 rings (SSSR count). The Balaban J connectivity index is 2.13. The highest BCUT2D eigenvalue weighted by atomic mass is 32.2. The number of hydrogen-bond acceptors (Lipinski definition) is 5. The molecule has 0 fully saturated rings. The van der Waals surface area contributed by atoms with Crippen molar-refractivity contribution in [3.8, 4) is 11.3 Å². The Morgan fingerprint density at radius 3 is 2.56 bits per heavy atom. The third-order valence-electron chi connectivity index (χ3n) is 2.32. The summed E-state index contributed by atoms with van der Waals surface area (Å²) in [5, 5.41) is 3.75. The summed E-state index contributed by atoms with van der Waals surface area (Å²) >= 11 is 0. The smallest absolute Gasteiger partial charge is 0.264 e. The maximum Gasteiger partial charge on any atom is 0.264 e. The minimum Gasteiger partial charge on any atom is -0.356 e. The average molecular weight is 267 g/mol. The van der Waals surface area contributed by atoms with E-state index in [-0.39, 0.29) is 6.61 Å². The summed E-state index contributed by atoms with van der Waals surface area (Å²) in [4.78, 5) is 0. The summed E-state index contributed by atoms with van der Waals surface area (Å²) in [6.07, 6.45) is 0.994. The van der Waals surface area contributed by atoms with E-state index in [0.29, 0.717) is 11.5 Å². The lowest BCUT2D eigenvalue weighted by atomic mass is 10.1. The van der Waals surface area contributed by atoms with Gasteiger partial charge in [0, 0.05) is 11.6 Å². The molecule has 1 heterocycles. The second-order valence-electron chi connectivity index (χ2n) is 4.01. The molecule has 0 aliphatic carbocycles. The molecule has 0 amide bonds. The predicted octanol–water partition coefficient (Wildman–Crippen LogP) is 2.13. The largest absolute Gasteiger partial charge is 0.356 e. The number of benzene rings is 1. The SMILES string of the molecule is Cc1ccc(-c2cc(COS(C)(=O)=O)no2)cc1. The minimum absolute atomic E-state index is 0.117. The predicted molar refractivity (Wildman–Crippen MR) is 66.3 cm³/mol. The van der Waals surface area contributed by atoms with Crippen LogP contribution in [0.1, 0.15) is 11.3 Å². The molecule has 0 atom stereocenters. The molecule has 0 saturated carbocycles. The summed E-state index contributed by atoms with van der Waals surface area (Å²) in [7, 11) is -3.46. The van der Waals surface area contributed by atoms with E-state index in [1.165, 1.54) is 0 Å². The Hall–Kier alpha value is -1.66. The van der Waals surface area contributed by atoms with E-state index in [4.69, 9.17) is 4.52 Å². The molecule has 0 radical (unpaired) electrons. The van der Waals surface area contributed by atoms with Gasteiger partial charge in [-0.1, -0.05) is 35.0 Å². The normalized spacial score (nSPS) is 11.7. The number of hydrogen-bond donors (Lipinski definition) is 0. The van der Waals surface area contributed by atoms with Crippen molar-refractivity contribution in [2.45, 2.75) is 13.5 Å². The maximum absolute atomic E-state index is 10.8. The molecular formula is C12H13NO4S. The molecule has 0 spiro atoms. The van der Waals surface area contributed by atoms with Crippen molar-refractivity contribution >= 4 is 10.1 Å². The van der Waals surface area contributed by atoms with Gasteiger partial charge >= 0.3 is 0 Å². The molecule has 18 heavy (non-hydrogen) atoms. The van der Waals surface area contributed by atoms with Crippen molar-refractivity contribution in [1.82, 2.24) is 5.16 Å². The van der Waals surface area contributed by atoms with E-state index in [2.05, 4.69) is 9.34 Å². The number of nitrogens with zero attached hydrogens (tertiary/aromatic N) is 1. The fraction of sp³-hybridized carbons (Fsp3) is 0.250. The summed E-state index contributed by atoms with van der Waals surface area (Å²) in [6, 6.07) is 9.42. The number of aromatic nitrogens is 1. The molecule has 0 aliphatic heterocycles. The molecule has 6 heteroatoms. The molecule has 0 saturated heterocycles. The summed E-state index contributed by atoms with van der Waals surface area (Å²) in [5.41, 5.74) is 2.48. The van der Waals surface area contributed by atoms with Gasteiger partial charge in [-0.2, -0.15) is 8.42 Å². The van der Waals surface area contributed by atoms with E-state index < -0.39 is 10.1 Å². The van der Waals surface area contributed by atoms with Gasteiger partial charge in [0.25, 0.3) is 10.1 Å². The second-order valence-corrected chi connectivity index (χ2v) is 5.66. The van der Waals surface area contributed by atoms with E-state index in [1.807, 2.05) is 31.2 Å². The molecule has 0 bridgehead atoms. The van der Waals surface area contributed by atoms with Crippen LogP contribution in [0.2, 0.25) is 0 Å². The molecule has 96 valence electrons. The first-order valence-electron chi connectivity index (χ1n) is 5.31. The van der Waals surface area contributed by atoms with Crippen LogP contribution in [-0.4, -0.2) is 19.8 Å². The first-order valence-corrected chi connectivity index (χ1v) is 7.13. The lowest BCUT2D eigenvalue weighted by Crippen LogP contribution is -2.02. The summed E-state index contributed by atoms with van der Waals surface area (Å²) in [6.45, 7) is 1.88. The first kappa shape index (κ1) is 12.8. The lowest BCUT2D eigenvalue weighted by molar-refractivity contribution is 0.296. The van der Waals surface area contributed by atoms with E-state index in [1.54, 1.807) is 6.07 Å². The van der Waals surface area contributed by atoms with Gasteiger partial charge in [-0.05, 0) is 6.92 Å². The van der Waals surface area contributed by atoms with E-state index >= 15 is 0 Å².